The van der Waals surface area contributed by atoms with Crippen LogP contribution in [-0.4, -0.2) is 89.4 Å². The number of benzene rings is 2. The minimum Gasteiger partial charge on any atom is -0.495 e. The van der Waals surface area contributed by atoms with Gasteiger partial charge in [0.1, 0.15) is 5.75 Å². The number of ether oxygens (including phenoxy) is 2. The lowest BCUT2D eigenvalue weighted by atomic mass is 10.1. The molecule has 0 unspecified atom stereocenters. The first-order valence-electron chi connectivity index (χ1n) is 13.8. The summed E-state index contributed by atoms with van der Waals surface area (Å²) in [6.07, 6.45) is 2.31. The maximum absolute atomic E-state index is 13.5. The van der Waals surface area contributed by atoms with Gasteiger partial charge in [-0.3, -0.25) is 14.5 Å². The van der Waals surface area contributed by atoms with Crippen LogP contribution in [0.4, 0.5) is 17.1 Å². The van der Waals surface area contributed by atoms with Gasteiger partial charge < -0.3 is 34.3 Å². The number of para-hydroxylation sites is 2. The van der Waals surface area contributed by atoms with Crippen molar-refractivity contribution in [3.8, 4) is 5.75 Å². The lowest BCUT2D eigenvalue weighted by Gasteiger charge is -2.38. The van der Waals surface area contributed by atoms with Crippen molar-refractivity contribution in [1.29, 1.82) is 0 Å². The Hall–Kier alpha value is -4.02. The molecule has 10 heteroatoms. The topological polar surface area (TPSA) is 99.5 Å². The van der Waals surface area contributed by atoms with Crippen LogP contribution in [0, 0.1) is 0 Å². The second kappa shape index (κ2) is 13.4. The number of nitrogens with one attached hydrogen (secondary N) is 2. The molecule has 1 aromatic heterocycles. The number of furan rings is 1. The SMILES string of the molecule is COc1ccccc1N1CCN(c2ccc(NC(=O)c3ccco3)cc2C(=O)NCCCN2CCOCC2)CC1. The van der Waals surface area contributed by atoms with Crippen molar-refractivity contribution < 1.29 is 23.5 Å². The number of morpholine rings is 1. The third kappa shape index (κ3) is 6.75. The summed E-state index contributed by atoms with van der Waals surface area (Å²) in [5.41, 5.74) is 2.99. The lowest BCUT2D eigenvalue weighted by Crippen LogP contribution is -2.47. The van der Waals surface area contributed by atoms with Crippen LogP contribution in [0.3, 0.4) is 0 Å². The summed E-state index contributed by atoms with van der Waals surface area (Å²) in [6, 6.07) is 16.8. The molecule has 0 bridgehead atoms. The first-order valence-corrected chi connectivity index (χ1v) is 13.8. The largest absolute Gasteiger partial charge is 0.495 e. The molecule has 2 aliphatic heterocycles. The summed E-state index contributed by atoms with van der Waals surface area (Å²) in [4.78, 5) is 32.9. The molecule has 3 heterocycles. The van der Waals surface area contributed by atoms with Crippen LogP contribution in [-0.2, 0) is 4.74 Å². The van der Waals surface area contributed by atoms with Gasteiger partial charge in [-0.2, -0.15) is 0 Å². The van der Waals surface area contributed by atoms with Crippen LogP contribution in [0.25, 0.3) is 0 Å². The zero-order chi connectivity index (χ0) is 27.7. The molecule has 2 fully saturated rings. The Morgan fingerprint density at radius 2 is 1.62 bits per heavy atom. The molecule has 5 rings (SSSR count). The van der Waals surface area contributed by atoms with Crippen molar-refractivity contribution in [2.75, 3.05) is 87.8 Å². The van der Waals surface area contributed by atoms with Gasteiger partial charge >= 0.3 is 0 Å². The van der Waals surface area contributed by atoms with E-state index in [0.717, 1.165) is 82.6 Å². The fourth-order valence-electron chi connectivity index (χ4n) is 5.18. The number of anilines is 3. The highest BCUT2D eigenvalue weighted by atomic mass is 16.5. The highest BCUT2D eigenvalue weighted by molar-refractivity contribution is 6.05. The predicted molar refractivity (Wildman–Crippen MR) is 155 cm³/mol. The Labute approximate surface area is 234 Å². The van der Waals surface area contributed by atoms with Crippen LogP contribution in [0.2, 0.25) is 0 Å². The van der Waals surface area contributed by atoms with Gasteiger partial charge in [0.2, 0.25) is 0 Å². The molecule has 2 N–H and O–H groups in total. The molecule has 2 aliphatic rings. The first kappa shape index (κ1) is 27.5. The Bertz CT molecular complexity index is 1270. The van der Waals surface area contributed by atoms with Gasteiger partial charge in [0.15, 0.2) is 5.76 Å². The number of hydrogen-bond donors (Lipinski definition) is 2. The Kier molecular flexibility index (Phi) is 9.20. The average Bonchev–Trinajstić information content (AvgIpc) is 3.55. The predicted octanol–water partition coefficient (Wildman–Crippen LogP) is 3.32. The van der Waals surface area contributed by atoms with Crippen LogP contribution >= 0.6 is 0 Å². The van der Waals surface area contributed by atoms with Gasteiger partial charge in [-0.1, -0.05) is 12.1 Å². The summed E-state index contributed by atoms with van der Waals surface area (Å²) in [5, 5.41) is 5.94. The zero-order valence-corrected chi connectivity index (χ0v) is 22.9. The fraction of sp³-hybridized carbons (Fsp3) is 0.400. The zero-order valence-electron chi connectivity index (χ0n) is 22.9. The second-order valence-electron chi connectivity index (χ2n) is 9.87. The van der Waals surface area contributed by atoms with E-state index in [1.54, 1.807) is 25.3 Å². The molecule has 40 heavy (non-hydrogen) atoms. The van der Waals surface area contributed by atoms with E-state index in [-0.39, 0.29) is 17.6 Å². The molecule has 0 saturated carbocycles. The summed E-state index contributed by atoms with van der Waals surface area (Å²) in [7, 11) is 1.69. The minimum atomic E-state index is -0.361. The van der Waals surface area contributed by atoms with Gasteiger partial charge in [0.05, 0.1) is 37.8 Å². The van der Waals surface area contributed by atoms with Crippen molar-refractivity contribution in [3.63, 3.8) is 0 Å². The Balaban J connectivity index is 1.28. The van der Waals surface area contributed by atoms with Crippen molar-refractivity contribution >= 4 is 28.9 Å². The van der Waals surface area contributed by atoms with E-state index in [9.17, 15) is 9.59 Å². The van der Waals surface area contributed by atoms with E-state index in [4.69, 9.17) is 13.9 Å². The van der Waals surface area contributed by atoms with Gasteiger partial charge in [-0.25, -0.2) is 0 Å². The van der Waals surface area contributed by atoms with E-state index < -0.39 is 0 Å². The number of carbonyl (C=O) groups excluding carboxylic acids is 2. The number of nitrogens with zero attached hydrogens (tertiary/aromatic N) is 3. The molecular formula is C30H37N5O5. The van der Waals surface area contributed by atoms with Gasteiger partial charge in [-0.15, -0.1) is 0 Å². The third-order valence-corrected chi connectivity index (χ3v) is 7.33. The second-order valence-corrected chi connectivity index (χ2v) is 9.87. The van der Waals surface area contributed by atoms with Crippen LogP contribution in [0.15, 0.2) is 65.3 Å². The van der Waals surface area contributed by atoms with E-state index in [0.29, 0.717) is 17.8 Å². The fourth-order valence-corrected chi connectivity index (χ4v) is 5.18. The highest BCUT2D eigenvalue weighted by Crippen LogP contribution is 2.31. The standard InChI is InChI=1S/C30H37N5O5/c1-38-27-7-3-2-6-26(27)35-15-13-34(14-16-35)25-10-9-23(32-30(37)28-8-4-19-40-28)22-24(25)29(36)31-11-5-12-33-17-20-39-21-18-33/h2-4,6-10,19,22H,5,11-18,20-21H2,1H3,(H,31,36)(H,32,37). The molecule has 0 spiro atoms. The van der Waals surface area contributed by atoms with E-state index in [2.05, 4.69) is 31.4 Å². The number of rotatable bonds is 10. The van der Waals surface area contributed by atoms with Crippen molar-refractivity contribution in [2.24, 2.45) is 0 Å². The molecule has 2 amide bonds. The van der Waals surface area contributed by atoms with Gasteiger partial charge in [0.25, 0.3) is 11.8 Å². The van der Waals surface area contributed by atoms with E-state index >= 15 is 0 Å². The van der Waals surface area contributed by atoms with Gasteiger partial charge in [-0.05, 0) is 55.4 Å². The third-order valence-electron chi connectivity index (χ3n) is 7.33. The average molecular weight is 548 g/mol. The number of methoxy groups -OCH3 is 1. The van der Waals surface area contributed by atoms with Crippen LogP contribution in [0.1, 0.15) is 27.3 Å². The normalized spacial score (nSPS) is 16.0. The Morgan fingerprint density at radius 3 is 2.35 bits per heavy atom. The van der Waals surface area contributed by atoms with Crippen LogP contribution in [0.5, 0.6) is 5.75 Å². The molecule has 10 nitrogen and oxygen atoms in total. The number of carbonyl (C=O) groups is 2. The monoisotopic (exact) mass is 547 g/mol. The molecule has 3 aromatic rings. The van der Waals surface area contributed by atoms with Crippen LogP contribution < -0.4 is 25.2 Å². The highest BCUT2D eigenvalue weighted by Gasteiger charge is 2.24. The molecule has 0 radical (unpaired) electrons. The number of hydrogen-bond acceptors (Lipinski definition) is 8. The molecule has 2 aromatic carbocycles. The summed E-state index contributed by atoms with van der Waals surface area (Å²) >= 11 is 0. The summed E-state index contributed by atoms with van der Waals surface area (Å²) in [6.45, 7) is 7.93. The molecule has 2 saturated heterocycles. The maximum Gasteiger partial charge on any atom is 0.291 e. The number of amides is 2. The minimum absolute atomic E-state index is 0.154. The maximum atomic E-state index is 13.5. The quantitative estimate of drug-likeness (QED) is 0.373. The summed E-state index contributed by atoms with van der Waals surface area (Å²) in [5.74, 6) is 0.550. The van der Waals surface area contributed by atoms with Crippen molar-refractivity contribution in [3.05, 3.63) is 72.2 Å². The number of piperazine rings is 1. The van der Waals surface area contributed by atoms with Crippen molar-refractivity contribution in [2.45, 2.75) is 6.42 Å². The van der Waals surface area contributed by atoms with Gasteiger partial charge in [0, 0.05) is 57.2 Å². The molecular weight excluding hydrogens is 510 g/mol. The first-order chi connectivity index (χ1) is 19.6. The van der Waals surface area contributed by atoms with Crippen molar-refractivity contribution in [1.82, 2.24) is 10.2 Å². The smallest absolute Gasteiger partial charge is 0.291 e. The Morgan fingerprint density at radius 1 is 0.875 bits per heavy atom. The van der Waals surface area contributed by atoms with E-state index in [1.165, 1.54) is 6.26 Å². The van der Waals surface area contributed by atoms with E-state index in [1.807, 2.05) is 30.3 Å². The molecule has 0 atom stereocenters. The lowest BCUT2D eigenvalue weighted by molar-refractivity contribution is 0.0374. The molecule has 212 valence electrons. The summed E-state index contributed by atoms with van der Waals surface area (Å²) < 4.78 is 16.2. The molecule has 0 aliphatic carbocycles.